The maximum Gasteiger partial charge on any atom is 0.195 e. The summed E-state index contributed by atoms with van der Waals surface area (Å²) in [7, 11) is 1.95. The monoisotopic (exact) mass is 262 g/mol. The number of hydrogen-bond acceptors (Lipinski definition) is 4. The fraction of sp³-hybridized carbons (Fsp3) is 0.385. The normalized spacial score (nSPS) is 12.6. The summed E-state index contributed by atoms with van der Waals surface area (Å²) in [6, 6.07) is 8.96. The molecule has 0 spiro atoms. The highest BCUT2D eigenvalue weighted by molar-refractivity contribution is 7.99. The van der Waals surface area contributed by atoms with Gasteiger partial charge in [0.05, 0.1) is 0 Å². The molecule has 18 heavy (non-hydrogen) atoms. The summed E-state index contributed by atoms with van der Waals surface area (Å²) in [5.41, 5.74) is 1.30. The largest absolute Gasteiger partial charge is 0.311 e. The first-order valence-corrected chi connectivity index (χ1v) is 6.87. The summed E-state index contributed by atoms with van der Waals surface area (Å²) >= 11 is 1.62. The van der Waals surface area contributed by atoms with Gasteiger partial charge in [0.15, 0.2) is 5.16 Å². The number of nitrogens with zero attached hydrogens (tertiary/aromatic N) is 3. The van der Waals surface area contributed by atoms with Crippen LogP contribution < -0.4 is 5.32 Å². The number of hydrogen-bond donors (Lipinski definition) is 1. The van der Waals surface area contributed by atoms with Gasteiger partial charge in [0.25, 0.3) is 0 Å². The predicted octanol–water partition coefficient (Wildman–Crippen LogP) is 2.64. The van der Waals surface area contributed by atoms with E-state index in [0.29, 0.717) is 6.04 Å². The summed E-state index contributed by atoms with van der Waals surface area (Å²) in [5.74, 6) is 0. The SMILES string of the molecule is CCNC(C)c1ccc(Sc2nncn2C)cc1. The summed E-state index contributed by atoms with van der Waals surface area (Å²) in [6.45, 7) is 5.28. The van der Waals surface area contributed by atoms with Gasteiger partial charge in [-0.1, -0.05) is 19.1 Å². The summed E-state index contributed by atoms with van der Waals surface area (Å²) < 4.78 is 1.92. The lowest BCUT2D eigenvalue weighted by Crippen LogP contribution is -2.17. The molecule has 1 atom stereocenters. The van der Waals surface area contributed by atoms with Crippen LogP contribution in [0.25, 0.3) is 0 Å². The van der Waals surface area contributed by atoms with Crippen molar-refractivity contribution < 1.29 is 0 Å². The molecule has 1 heterocycles. The highest BCUT2D eigenvalue weighted by Gasteiger charge is 2.06. The third kappa shape index (κ3) is 3.11. The molecule has 0 aliphatic rings. The van der Waals surface area contributed by atoms with Crippen molar-refractivity contribution in [3.8, 4) is 0 Å². The van der Waals surface area contributed by atoms with Crippen molar-refractivity contribution in [1.82, 2.24) is 20.1 Å². The van der Waals surface area contributed by atoms with E-state index in [1.165, 1.54) is 10.5 Å². The second-order valence-corrected chi connectivity index (χ2v) is 5.22. The van der Waals surface area contributed by atoms with Crippen LogP contribution in [0.3, 0.4) is 0 Å². The van der Waals surface area contributed by atoms with Gasteiger partial charge >= 0.3 is 0 Å². The molecular weight excluding hydrogens is 244 g/mol. The molecule has 0 bridgehead atoms. The van der Waals surface area contributed by atoms with Crippen LogP contribution in [0.5, 0.6) is 0 Å². The standard InChI is InChI=1S/C13H18N4S/c1-4-14-10(2)11-5-7-12(8-6-11)18-13-16-15-9-17(13)3/h5-10,14H,4H2,1-3H3. The van der Waals surface area contributed by atoms with E-state index in [-0.39, 0.29) is 0 Å². The summed E-state index contributed by atoms with van der Waals surface area (Å²) in [5, 5.41) is 12.2. The van der Waals surface area contributed by atoms with E-state index >= 15 is 0 Å². The van der Waals surface area contributed by atoms with Crippen LogP contribution in [0.15, 0.2) is 40.6 Å². The van der Waals surface area contributed by atoms with Crippen molar-refractivity contribution in [2.45, 2.75) is 29.9 Å². The van der Waals surface area contributed by atoms with Gasteiger partial charge < -0.3 is 9.88 Å². The molecule has 0 radical (unpaired) electrons. The Hall–Kier alpha value is -1.33. The van der Waals surface area contributed by atoms with Gasteiger partial charge in [0.2, 0.25) is 0 Å². The third-order valence-corrected chi connectivity index (χ3v) is 3.83. The molecule has 0 saturated heterocycles. The van der Waals surface area contributed by atoms with Crippen LogP contribution in [0.4, 0.5) is 0 Å². The zero-order valence-corrected chi connectivity index (χ0v) is 11.7. The summed E-state index contributed by atoms with van der Waals surface area (Å²) in [4.78, 5) is 1.18. The second-order valence-electron chi connectivity index (χ2n) is 4.17. The molecule has 0 aliphatic carbocycles. The van der Waals surface area contributed by atoms with Gasteiger partial charge in [-0.2, -0.15) is 0 Å². The number of rotatable bonds is 5. The number of nitrogens with one attached hydrogen (secondary N) is 1. The van der Waals surface area contributed by atoms with Crippen LogP contribution in [-0.2, 0) is 7.05 Å². The average molecular weight is 262 g/mol. The maximum absolute atomic E-state index is 4.06. The predicted molar refractivity (Wildman–Crippen MR) is 73.7 cm³/mol. The van der Waals surface area contributed by atoms with Gasteiger partial charge in [0, 0.05) is 18.0 Å². The third-order valence-electron chi connectivity index (χ3n) is 2.77. The molecule has 1 aromatic heterocycles. The highest BCUT2D eigenvalue weighted by atomic mass is 32.2. The van der Waals surface area contributed by atoms with E-state index in [0.717, 1.165) is 11.7 Å². The van der Waals surface area contributed by atoms with E-state index < -0.39 is 0 Å². The molecule has 4 nitrogen and oxygen atoms in total. The van der Waals surface area contributed by atoms with Crippen molar-refractivity contribution in [3.05, 3.63) is 36.2 Å². The molecule has 2 aromatic rings. The number of benzene rings is 1. The molecule has 5 heteroatoms. The second kappa shape index (κ2) is 6.02. The molecule has 96 valence electrons. The zero-order chi connectivity index (χ0) is 13.0. The van der Waals surface area contributed by atoms with Crippen molar-refractivity contribution >= 4 is 11.8 Å². The van der Waals surface area contributed by atoms with Crippen molar-refractivity contribution in [3.63, 3.8) is 0 Å². The average Bonchev–Trinajstić information content (AvgIpc) is 2.76. The Morgan fingerprint density at radius 3 is 2.61 bits per heavy atom. The van der Waals surface area contributed by atoms with Gasteiger partial charge in [-0.25, -0.2) is 0 Å². The molecule has 1 unspecified atom stereocenters. The van der Waals surface area contributed by atoms with E-state index in [2.05, 4.69) is 53.6 Å². The Morgan fingerprint density at radius 1 is 1.33 bits per heavy atom. The fourth-order valence-electron chi connectivity index (χ4n) is 1.72. The molecule has 1 aromatic carbocycles. The first-order chi connectivity index (χ1) is 8.70. The summed E-state index contributed by atoms with van der Waals surface area (Å²) in [6.07, 6.45) is 1.71. The van der Waals surface area contributed by atoms with E-state index in [1.54, 1.807) is 18.1 Å². The molecular formula is C13H18N4S. The number of aromatic nitrogens is 3. The van der Waals surface area contributed by atoms with Crippen molar-refractivity contribution in [1.29, 1.82) is 0 Å². The lowest BCUT2D eigenvalue weighted by atomic mass is 10.1. The Balaban J connectivity index is 2.06. The lowest BCUT2D eigenvalue weighted by Gasteiger charge is -2.12. The zero-order valence-electron chi connectivity index (χ0n) is 10.9. The first-order valence-electron chi connectivity index (χ1n) is 6.06. The minimum atomic E-state index is 0.392. The highest BCUT2D eigenvalue weighted by Crippen LogP contribution is 2.26. The molecule has 0 amide bonds. The fourth-order valence-corrected chi connectivity index (χ4v) is 2.48. The Labute approximate surface area is 112 Å². The first kappa shape index (κ1) is 13.1. The van der Waals surface area contributed by atoms with E-state index in [1.807, 2.05) is 11.6 Å². The maximum atomic E-state index is 4.06. The van der Waals surface area contributed by atoms with E-state index in [9.17, 15) is 0 Å². The molecule has 0 saturated carbocycles. The van der Waals surface area contributed by atoms with Crippen LogP contribution >= 0.6 is 11.8 Å². The van der Waals surface area contributed by atoms with Crippen molar-refractivity contribution in [2.24, 2.45) is 7.05 Å². The van der Waals surface area contributed by atoms with Gasteiger partial charge in [-0.3, -0.25) is 0 Å². The molecule has 2 rings (SSSR count). The van der Waals surface area contributed by atoms with E-state index in [4.69, 9.17) is 0 Å². The smallest absolute Gasteiger partial charge is 0.195 e. The minimum Gasteiger partial charge on any atom is -0.311 e. The van der Waals surface area contributed by atoms with Gasteiger partial charge in [-0.05, 0) is 42.9 Å². The molecule has 1 N–H and O–H groups in total. The topological polar surface area (TPSA) is 42.7 Å². The van der Waals surface area contributed by atoms with Crippen LogP contribution in [0.2, 0.25) is 0 Å². The van der Waals surface area contributed by atoms with Gasteiger partial charge in [-0.15, -0.1) is 10.2 Å². The quantitative estimate of drug-likeness (QED) is 0.899. The Morgan fingerprint density at radius 2 is 2.06 bits per heavy atom. The number of aryl methyl sites for hydroxylation is 1. The minimum absolute atomic E-state index is 0.392. The van der Waals surface area contributed by atoms with Crippen LogP contribution in [0.1, 0.15) is 25.5 Å². The van der Waals surface area contributed by atoms with Crippen molar-refractivity contribution in [2.75, 3.05) is 6.54 Å². The molecule has 0 fully saturated rings. The Kier molecular flexibility index (Phi) is 4.38. The van der Waals surface area contributed by atoms with Gasteiger partial charge in [0.1, 0.15) is 6.33 Å². The van der Waals surface area contributed by atoms with Crippen LogP contribution in [-0.4, -0.2) is 21.3 Å². The van der Waals surface area contributed by atoms with Crippen LogP contribution in [0, 0.1) is 0 Å². The Bertz CT molecular complexity index is 492. The molecule has 0 aliphatic heterocycles. The lowest BCUT2D eigenvalue weighted by molar-refractivity contribution is 0.598.